The Morgan fingerprint density at radius 3 is 2.27 bits per heavy atom. The zero-order valence-electron chi connectivity index (χ0n) is 24.7. The van der Waals surface area contributed by atoms with E-state index in [-0.39, 0.29) is 45.0 Å². The number of thiazole rings is 1. The Bertz CT molecular complexity index is 1390. The summed E-state index contributed by atoms with van der Waals surface area (Å²) in [6.07, 6.45) is 6.42. The summed E-state index contributed by atoms with van der Waals surface area (Å²) < 4.78 is 27.3. The van der Waals surface area contributed by atoms with Crippen LogP contribution in [0.2, 0.25) is 0 Å². The van der Waals surface area contributed by atoms with E-state index in [1.54, 1.807) is 6.20 Å². The highest BCUT2D eigenvalue weighted by molar-refractivity contribution is 7.22. The van der Waals surface area contributed by atoms with Crippen LogP contribution in [0.15, 0.2) is 30.5 Å². The number of ether oxygens (including phenoxy) is 5. The number of carbonyl (C=O) groups excluding carboxylic acids is 2. The molecule has 0 radical (unpaired) electrons. The van der Waals surface area contributed by atoms with Gasteiger partial charge in [0.15, 0.2) is 5.13 Å². The lowest BCUT2D eigenvalue weighted by atomic mass is 9.98. The Morgan fingerprint density at radius 2 is 1.57 bits per heavy atom. The number of rotatable bonds is 17. The first-order valence-electron chi connectivity index (χ1n) is 14.6. The number of aliphatic carboxylic acids is 1. The number of nitrogens with one attached hydrogen (secondary N) is 2. The minimum absolute atomic E-state index is 0.0349. The second-order valence-corrected chi connectivity index (χ2v) is 11.2. The monoisotopic (exact) mass is 630 g/mol. The average molecular weight is 631 g/mol. The van der Waals surface area contributed by atoms with Crippen molar-refractivity contribution >= 4 is 50.3 Å². The van der Waals surface area contributed by atoms with Gasteiger partial charge in [0.1, 0.15) is 19.3 Å². The quantitative estimate of drug-likeness (QED) is 0.178. The largest absolute Gasteiger partial charge is 0.480 e. The molecule has 3 aromatic rings. The van der Waals surface area contributed by atoms with Crippen LogP contribution in [0.3, 0.4) is 0 Å². The maximum absolute atomic E-state index is 12.5. The van der Waals surface area contributed by atoms with E-state index in [1.807, 2.05) is 31.2 Å². The summed E-state index contributed by atoms with van der Waals surface area (Å²) in [4.78, 5) is 44.1. The number of hydrogen-bond donors (Lipinski definition) is 3. The van der Waals surface area contributed by atoms with Gasteiger partial charge in [-0.3, -0.25) is 20.4 Å². The van der Waals surface area contributed by atoms with Gasteiger partial charge in [0.25, 0.3) is 5.91 Å². The van der Waals surface area contributed by atoms with Gasteiger partial charge in [-0.1, -0.05) is 23.8 Å². The molecule has 0 unspecified atom stereocenters. The molecule has 44 heavy (non-hydrogen) atoms. The third-order valence-electron chi connectivity index (χ3n) is 6.69. The molecule has 2 amide bonds. The van der Waals surface area contributed by atoms with Crippen molar-refractivity contribution in [2.45, 2.75) is 45.1 Å². The standard InChI is InChI=1S/C30H38N4O9S/c1-20-25(33-30(38)43-23-5-3-2-4-6-23)15-22(17-31-20)21-7-8-24-26(16-21)44-29(32-24)34-27(35)18-41-13-11-39-9-10-40-12-14-42-19-28(36)37/h7-8,15-17,23H,2-6,9-14,18-19H2,1H3,(H,33,38)(H,36,37)(H,32,34,35). The second kappa shape index (κ2) is 17.6. The highest BCUT2D eigenvalue weighted by atomic mass is 32.1. The molecule has 2 aromatic heterocycles. The average Bonchev–Trinajstić information content (AvgIpc) is 3.40. The van der Waals surface area contributed by atoms with Crippen LogP contribution in [0, 0.1) is 6.92 Å². The first-order chi connectivity index (χ1) is 21.4. The van der Waals surface area contributed by atoms with Crippen molar-refractivity contribution in [1.82, 2.24) is 9.97 Å². The summed E-state index contributed by atoms with van der Waals surface area (Å²) >= 11 is 1.35. The fraction of sp³-hybridized carbons (Fsp3) is 0.500. The molecule has 0 atom stereocenters. The third kappa shape index (κ3) is 11.1. The van der Waals surface area contributed by atoms with E-state index in [0.29, 0.717) is 36.3 Å². The van der Waals surface area contributed by atoms with Gasteiger partial charge in [0.05, 0.1) is 61.2 Å². The van der Waals surface area contributed by atoms with Crippen LogP contribution in [0.4, 0.5) is 15.6 Å². The van der Waals surface area contributed by atoms with Gasteiger partial charge in [0.2, 0.25) is 0 Å². The summed E-state index contributed by atoms with van der Waals surface area (Å²) in [7, 11) is 0. The lowest BCUT2D eigenvalue weighted by Gasteiger charge is -2.22. The number of fused-ring (bicyclic) bond motifs is 1. The van der Waals surface area contributed by atoms with Gasteiger partial charge in [-0.15, -0.1) is 0 Å². The van der Waals surface area contributed by atoms with Gasteiger partial charge >= 0.3 is 12.1 Å². The predicted octanol–water partition coefficient (Wildman–Crippen LogP) is 4.64. The zero-order valence-corrected chi connectivity index (χ0v) is 25.5. The fourth-order valence-corrected chi connectivity index (χ4v) is 5.41. The lowest BCUT2D eigenvalue weighted by Crippen LogP contribution is -2.24. The van der Waals surface area contributed by atoms with Crippen LogP contribution in [-0.4, -0.2) is 92.0 Å². The van der Waals surface area contributed by atoms with Crippen molar-refractivity contribution in [2.24, 2.45) is 0 Å². The number of carbonyl (C=O) groups is 3. The summed E-state index contributed by atoms with van der Waals surface area (Å²) in [5, 5.41) is 14.5. The first kappa shape index (κ1) is 33.2. The highest BCUT2D eigenvalue weighted by Crippen LogP contribution is 2.32. The van der Waals surface area contributed by atoms with Gasteiger partial charge in [-0.2, -0.15) is 0 Å². The number of hydrogen-bond acceptors (Lipinski definition) is 11. The summed E-state index contributed by atoms with van der Waals surface area (Å²) in [5.74, 6) is -1.35. The van der Waals surface area contributed by atoms with Crippen LogP contribution in [0.5, 0.6) is 0 Å². The molecular weight excluding hydrogens is 592 g/mol. The van der Waals surface area contributed by atoms with Crippen LogP contribution in [0.25, 0.3) is 21.3 Å². The second-order valence-electron chi connectivity index (χ2n) is 10.1. The molecular formula is C30H38N4O9S. The molecule has 14 heteroatoms. The number of carboxylic acids is 1. The number of aromatic nitrogens is 2. The van der Waals surface area contributed by atoms with E-state index < -0.39 is 12.1 Å². The molecule has 0 bridgehead atoms. The zero-order chi connectivity index (χ0) is 31.1. The Morgan fingerprint density at radius 1 is 0.886 bits per heavy atom. The molecule has 0 aliphatic heterocycles. The van der Waals surface area contributed by atoms with E-state index in [9.17, 15) is 14.4 Å². The predicted molar refractivity (Wildman–Crippen MR) is 164 cm³/mol. The third-order valence-corrected chi connectivity index (χ3v) is 7.63. The minimum Gasteiger partial charge on any atom is -0.480 e. The minimum atomic E-state index is -1.02. The van der Waals surface area contributed by atoms with Crippen molar-refractivity contribution in [3.8, 4) is 11.1 Å². The molecule has 1 aromatic carbocycles. The summed E-state index contributed by atoms with van der Waals surface area (Å²) in [5.41, 5.74) is 3.76. The summed E-state index contributed by atoms with van der Waals surface area (Å²) in [6, 6.07) is 7.65. The van der Waals surface area contributed by atoms with Crippen molar-refractivity contribution < 1.29 is 43.2 Å². The van der Waals surface area contributed by atoms with E-state index in [1.165, 1.54) is 17.8 Å². The number of anilines is 2. The van der Waals surface area contributed by atoms with Crippen molar-refractivity contribution in [1.29, 1.82) is 0 Å². The number of pyridine rings is 1. The Hall–Kier alpha value is -3.69. The van der Waals surface area contributed by atoms with Crippen LogP contribution < -0.4 is 10.6 Å². The van der Waals surface area contributed by atoms with E-state index in [0.717, 1.165) is 47.0 Å². The van der Waals surface area contributed by atoms with Gasteiger partial charge < -0.3 is 28.8 Å². The van der Waals surface area contributed by atoms with Crippen molar-refractivity contribution in [2.75, 3.05) is 63.5 Å². The number of carboxylic acid groups (broad SMARTS) is 1. The van der Waals surface area contributed by atoms with Crippen LogP contribution in [-0.2, 0) is 33.3 Å². The normalized spacial score (nSPS) is 13.6. The van der Waals surface area contributed by atoms with Gasteiger partial charge in [-0.25, -0.2) is 14.6 Å². The molecule has 3 N–H and O–H groups in total. The Balaban J connectivity index is 1.18. The SMILES string of the molecule is Cc1ncc(-c2ccc3nc(NC(=O)COCCOCCOCCOCC(=O)O)sc3c2)cc1NC(=O)OC1CCCCC1. The Labute approximate surface area is 259 Å². The maximum atomic E-state index is 12.5. The number of aryl methyl sites for hydroxylation is 1. The number of benzene rings is 1. The molecule has 0 spiro atoms. The van der Waals surface area contributed by atoms with Crippen LogP contribution >= 0.6 is 11.3 Å². The molecule has 2 heterocycles. The highest BCUT2D eigenvalue weighted by Gasteiger charge is 2.18. The molecule has 1 aliphatic carbocycles. The van der Waals surface area contributed by atoms with E-state index in [4.69, 9.17) is 28.8 Å². The van der Waals surface area contributed by atoms with Crippen LogP contribution in [0.1, 0.15) is 37.8 Å². The number of amides is 2. The molecule has 0 saturated heterocycles. The number of nitrogens with zero attached hydrogens (tertiary/aromatic N) is 2. The fourth-order valence-electron chi connectivity index (χ4n) is 4.49. The molecule has 1 aliphatic rings. The molecule has 238 valence electrons. The maximum Gasteiger partial charge on any atom is 0.411 e. The summed E-state index contributed by atoms with van der Waals surface area (Å²) in [6.45, 7) is 3.02. The van der Waals surface area contributed by atoms with Gasteiger partial charge in [-0.05, 0) is 56.4 Å². The molecule has 1 saturated carbocycles. The Kier molecular flexibility index (Phi) is 13.3. The molecule has 13 nitrogen and oxygen atoms in total. The van der Waals surface area contributed by atoms with E-state index >= 15 is 0 Å². The first-order valence-corrected chi connectivity index (χ1v) is 15.4. The smallest absolute Gasteiger partial charge is 0.411 e. The topological polar surface area (TPSA) is 167 Å². The van der Waals surface area contributed by atoms with Crippen molar-refractivity contribution in [3.05, 3.63) is 36.2 Å². The lowest BCUT2D eigenvalue weighted by molar-refractivity contribution is -0.142. The molecule has 4 rings (SSSR count). The van der Waals surface area contributed by atoms with Gasteiger partial charge in [0, 0.05) is 11.8 Å². The van der Waals surface area contributed by atoms with Crippen molar-refractivity contribution in [3.63, 3.8) is 0 Å². The van der Waals surface area contributed by atoms with E-state index in [2.05, 4.69) is 20.6 Å². The molecule has 1 fully saturated rings.